The van der Waals surface area contributed by atoms with Crippen LogP contribution in [0.4, 0.5) is 0 Å². The van der Waals surface area contributed by atoms with Crippen molar-refractivity contribution in [3.8, 4) is 0 Å². The highest BCUT2D eigenvalue weighted by Crippen LogP contribution is 1.98. The molecule has 0 aromatic rings. The quantitative estimate of drug-likeness (QED) is 0.427. The van der Waals surface area contributed by atoms with Gasteiger partial charge in [0.1, 0.15) is 6.61 Å². The molecule has 0 atom stereocenters. The van der Waals surface area contributed by atoms with Gasteiger partial charge in [-0.15, -0.1) is 0 Å². The Hall–Kier alpha value is -1.51. The van der Waals surface area contributed by atoms with Gasteiger partial charge >= 0.3 is 5.97 Å². The predicted octanol–water partition coefficient (Wildman–Crippen LogP) is 2.51. The second kappa shape index (κ2) is 6.95. The molecule has 0 aromatic carbocycles. The number of carbonyl (C=O) groups excluding carboxylic acids is 1. The van der Waals surface area contributed by atoms with Gasteiger partial charge in [0.05, 0.1) is 5.76 Å². The lowest BCUT2D eigenvalue weighted by Crippen LogP contribution is -1.96. The monoisotopic (exact) mass is 196 g/mol. The molecule has 0 fully saturated rings. The Morgan fingerprint density at radius 1 is 1.36 bits per heavy atom. The Bertz CT molecular complexity index is 268. The molecule has 0 spiro atoms. The van der Waals surface area contributed by atoms with Crippen molar-refractivity contribution < 1.29 is 14.6 Å². The molecule has 0 aliphatic carbocycles. The summed E-state index contributed by atoms with van der Waals surface area (Å²) in [7, 11) is 0. The summed E-state index contributed by atoms with van der Waals surface area (Å²) in [5.74, 6) is -0.0198. The molecule has 0 aliphatic heterocycles. The third-order valence-corrected chi connectivity index (χ3v) is 1.31. The van der Waals surface area contributed by atoms with E-state index in [1.165, 1.54) is 6.92 Å². The second-order valence-electron chi connectivity index (χ2n) is 2.93. The van der Waals surface area contributed by atoms with Crippen LogP contribution in [0.3, 0.4) is 0 Å². The minimum atomic E-state index is -0.290. The zero-order valence-corrected chi connectivity index (χ0v) is 8.78. The van der Waals surface area contributed by atoms with E-state index in [-0.39, 0.29) is 18.3 Å². The van der Waals surface area contributed by atoms with Crippen LogP contribution in [0.15, 0.2) is 35.6 Å². The fourth-order valence-electron chi connectivity index (χ4n) is 0.818. The number of hydrogen-bond acceptors (Lipinski definition) is 3. The molecule has 0 heterocycles. The number of rotatable bonds is 4. The summed E-state index contributed by atoms with van der Waals surface area (Å²) in [5, 5.41) is 8.93. The van der Waals surface area contributed by atoms with E-state index in [1.54, 1.807) is 25.2 Å². The molecule has 0 radical (unpaired) electrons. The molecule has 3 nitrogen and oxygen atoms in total. The summed E-state index contributed by atoms with van der Waals surface area (Å²) in [6.45, 7) is 5.13. The Morgan fingerprint density at radius 2 is 2.00 bits per heavy atom. The number of aliphatic hydroxyl groups is 1. The van der Waals surface area contributed by atoms with Crippen LogP contribution in [0.2, 0.25) is 0 Å². The van der Waals surface area contributed by atoms with E-state index in [0.29, 0.717) is 0 Å². The first-order chi connectivity index (χ1) is 6.52. The van der Waals surface area contributed by atoms with Crippen LogP contribution in [0.5, 0.6) is 0 Å². The number of aliphatic hydroxyl groups excluding tert-OH is 1. The molecule has 0 unspecified atom stereocenters. The van der Waals surface area contributed by atoms with Crippen molar-refractivity contribution in [3.05, 3.63) is 35.6 Å². The molecule has 14 heavy (non-hydrogen) atoms. The van der Waals surface area contributed by atoms with E-state index in [2.05, 4.69) is 4.74 Å². The normalized spacial score (nSPS) is 13.4. The average Bonchev–Trinajstić information content (AvgIpc) is 2.01. The molecule has 0 amide bonds. The molecular formula is C11H16O3. The van der Waals surface area contributed by atoms with Crippen molar-refractivity contribution >= 4 is 5.97 Å². The van der Waals surface area contributed by atoms with E-state index in [4.69, 9.17) is 5.11 Å². The van der Waals surface area contributed by atoms with Crippen molar-refractivity contribution in [2.45, 2.75) is 20.8 Å². The van der Waals surface area contributed by atoms with Gasteiger partial charge in [-0.05, 0) is 31.6 Å². The predicted molar refractivity (Wildman–Crippen MR) is 55.9 cm³/mol. The topological polar surface area (TPSA) is 46.5 Å². The summed E-state index contributed by atoms with van der Waals surface area (Å²) < 4.78 is 4.68. The fraction of sp³-hybridized carbons (Fsp3) is 0.364. The molecule has 0 bridgehead atoms. The number of hydrogen-bond donors (Lipinski definition) is 1. The molecule has 0 saturated carbocycles. The summed E-state index contributed by atoms with van der Waals surface area (Å²) in [6.07, 6.45) is 6.97. The lowest BCUT2D eigenvalue weighted by atomic mass is 10.2. The summed E-state index contributed by atoms with van der Waals surface area (Å²) in [4.78, 5) is 10.4. The lowest BCUT2D eigenvalue weighted by Gasteiger charge is -1.93. The molecule has 0 aromatic heterocycles. The Morgan fingerprint density at radius 3 is 2.50 bits per heavy atom. The molecule has 78 valence electrons. The van der Waals surface area contributed by atoms with Gasteiger partial charge in [-0.2, -0.15) is 0 Å². The highest BCUT2D eigenvalue weighted by atomic mass is 16.5. The average molecular weight is 196 g/mol. The van der Waals surface area contributed by atoms with Crippen LogP contribution in [-0.4, -0.2) is 17.7 Å². The maximum absolute atomic E-state index is 10.4. The number of esters is 1. The summed E-state index contributed by atoms with van der Waals surface area (Å²) in [6, 6.07) is 0. The minimum absolute atomic E-state index is 0.270. The first-order valence-corrected chi connectivity index (χ1v) is 4.36. The first kappa shape index (κ1) is 12.5. The van der Waals surface area contributed by atoms with Crippen LogP contribution in [0.25, 0.3) is 0 Å². The van der Waals surface area contributed by atoms with Crippen molar-refractivity contribution in [2.24, 2.45) is 0 Å². The van der Waals surface area contributed by atoms with E-state index in [0.717, 1.165) is 5.57 Å². The standard InChI is InChI=1S/C11H16O3/c1-9(8-10(2)12)6-4-5-7-14-11(3)13/h4-6,8,12H,7H2,1-3H3/b5-4+,9-6-,10-8+. The second-order valence-corrected chi connectivity index (χ2v) is 2.93. The minimum Gasteiger partial charge on any atom is -0.513 e. The zero-order chi connectivity index (χ0) is 11.0. The molecule has 0 rings (SSSR count). The van der Waals surface area contributed by atoms with Gasteiger partial charge in [0, 0.05) is 6.92 Å². The Labute approximate surface area is 84.4 Å². The van der Waals surface area contributed by atoms with Gasteiger partial charge in [0.15, 0.2) is 0 Å². The van der Waals surface area contributed by atoms with Crippen molar-refractivity contribution in [1.29, 1.82) is 0 Å². The number of allylic oxidation sites excluding steroid dienone is 5. The van der Waals surface area contributed by atoms with Crippen molar-refractivity contribution in [3.63, 3.8) is 0 Å². The van der Waals surface area contributed by atoms with Gasteiger partial charge in [0.2, 0.25) is 0 Å². The molecule has 0 saturated heterocycles. The first-order valence-electron chi connectivity index (χ1n) is 4.36. The lowest BCUT2D eigenvalue weighted by molar-refractivity contribution is -0.139. The van der Waals surface area contributed by atoms with Crippen LogP contribution in [0.1, 0.15) is 20.8 Å². The zero-order valence-electron chi connectivity index (χ0n) is 8.78. The third kappa shape index (κ3) is 8.59. The van der Waals surface area contributed by atoms with Crippen LogP contribution in [-0.2, 0) is 9.53 Å². The smallest absolute Gasteiger partial charge is 0.302 e. The number of ether oxygens (including phenoxy) is 1. The largest absolute Gasteiger partial charge is 0.513 e. The Kier molecular flexibility index (Phi) is 6.20. The van der Waals surface area contributed by atoms with E-state index in [1.807, 2.05) is 13.0 Å². The van der Waals surface area contributed by atoms with Crippen LogP contribution >= 0.6 is 0 Å². The van der Waals surface area contributed by atoms with Gasteiger partial charge < -0.3 is 9.84 Å². The maximum atomic E-state index is 10.4. The van der Waals surface area contributed by atoms with Crippen molar-refractivity contribution in [1.82, 2.24) is 0 Å². The van der Waals surface area contributed by atoms with E-state index < -0.39 is 0 Å². The molecule has 3 heteroatoms. The maximum Gasteiger partial charge on any atom is 0.302 e. The fourth-order valence-corrected chi connectivity index (χ4v) is 0.818. The van der Waals surface area contributed by atoms with Crippen molar-refractivity contribution in [2.75, 3.05) is 6.61 Å². The number of carbonyl (C=O) groups is 1. The molecular weight excluding hydrogens is 180 g/mol. The van der Waals surface area contributed by atoms with E-state index in [9.17, 15) is 4.79 Å². The summed E-state index contributed by atoms with van der Waals surface area (Å²) in [5.41, 5.74) is 0.934. The van der Waals surface area contributed by atoms with Crippen LogP contribution < -0.4 is 0 Å². The van der Waals surface area contributed by atoms with Crippen LogP contribution in [0, 0.1) is 0 Å². The molecule has 0 aliphatic rings. The Balaban J connectivity index is 3.90. The van der Waals surface area contributed by atoms with Gasteiger partial charge in [-0.1, -0.05) is 12.2 Å². The van der Waals surface area contributed by atoms with Gasteiger partial charge in [0.25, 0.3) is 0 Å². The summed E-state index contributed by atoms with van der Waals surface area (Å²) >= 11 is 0. The third-order valence-electron chi connectivity index (χ3n) is 1.31. The molecule has 1 N–H and O–H groups in total. The highest BCUT2D eigenvalue weighted by molar-refractivity contribution is 5.65. The highest BCUT2D eigenvalue weighted by Gasteiger charge is 1.86. The SMILES string of the molecule is CC(=O)OC/C=C/C=C(C)\C=C(/C)O. The van der Waals surface area contributed by atoms with E-state index >= 15 is 0 Å². The van der Waals surface area contributed by atoms with Gasteiger partial charge in [-0.25, -0.2) is 0 Å². The van der Waals surface area contributed by atoms with Gasteiger partial charge in [-0.3, -0.25) is 4.79 Å².